The van der Waals surface area contributed by atoms with Gasteiger partial charge in [-0.15, -0.1) is 0 Å². The highest BCUT2D eigenvalue weighted by Crippen LogP contribution is 2.20. The van der Waals surface area contributed by atoms with Gasteiger partial charge in [0.05, 0.1) is 11.3 Å². The number of benzene rings is 1. The molecule has 2 aromatic rings. The van der Waals surface area contributed by atoms with Crippen molar-refractivity contribution in [2.45, 2.75) is 20.8 Å². The summed E-state index contributed by atoms with van der Waals surface area (Å²) in [5.41, 5.74) is 8.72. The molecule has 0 aliphatic rings. The predicted molar refractivity (Wildman–Crippen MR) is 75.7 cm³/mol. The molecule has 2 amide bonds. The Hall–Kier alpha value is -2.63. The molecule has 2 rings (SSSR count). The number of aromatic amines is 1. The zero-order valence-electron chi connectivity index (χ0n) is 11.6. The number of primary amides is 1. The van der Waals surface area contributed by atoms with Crippen LogP contribution < -0.4 is 11.1 Å². The van der Waals surface area contributed by atoms with Crippen LogP contribution in [0.15, 0.2) is 18.2 Å². The summed E-state index contributed by atoms with van der Waals surface area (Å²) in [4.78, 5) is 23.6. The van der Waals surface area contributed by atoms with Crippen LogP contribution in [-0.4, -0.2) is 22.0 Å². The molecule has 0 bridgehead atoms. The lowest BCUT2D eigenvalue weighted by molar-refractivity contribution is 0.0995. The maximum absolute atomic E-state index is 12.3. The van der Waals surface area contributed by atoms with E-state index in [1.165, 1.54) is 0 Å². The van der Waals surface area contributed by atoms with Crippen LogP contribution in [0.2, 0.25) is 0 Å². The van der Waals surface area contributed by atoms with Crippen molar-refractivity contribution < 1.29 is 9.59 Å². The van der Waals surface area contributed by atoms with Crippen LogP contribution in [0, 0.1) is 20.8 Å². The van der Waals surface area contributed by atoms with Gasteiger partial charge in [0, 0.05) is 16.9 Å². The molecule has 0 saturated carbocycles. The van der Waals surface area contributed by atoms with Crippen molar-refractivity contribution in [3.8, 4) is 0 Å². The molecule has 0 radical (unpaired) electrons. The van der Waals surface area contributed by atoms with Gasteiger partial charge < -0.3 is 11.1 Å². The van der Waals surface area contributed by atoms with E-state index in [2.05, 4.69) is 15.5 Å². The van der Waals surface area contributed by atoms with Crippen LogP contribution in [0.1, 0.15) is 37.7 Å². The lowest BCUT2D eigenvalue weighted by Crippen LogP contribution is -2.17. The van der Waals surface area contributed by atoms with E-state index >= 15 is 0 Å². The number of carbonyl (C=O) groups is 2. The van der Waals surface area contributed by atoms with Crippen molar-refractivity contribution in [2.24, 2.45) is 5.73 Å². The topological polar surface area (TPSA) is 101 Å². The van der Waals surface area contributed by atoms with Crippen LogP contribution in [0.25, 0.3) is 0 Å². The van der Waals surface area contributed by atoms with Crippen LogP contribution in [0.4, 0.5) is 5.69 Å². The molecule has 0 saturated heterocycles. The first-order valence-electron chi connectivity index (χ1n) is 6.14. The monoisotopic (exact) mass is 272 g/mol. The molecular weight excluding hydrogens is 256 g/mol. The molecule has 0 unspecified atom stereocenters. The molecule has 0 spiro atoms. The Morgan fingerprint density at radius 1 is 1.25 bits per heavy atom. The Kier molecular flexibility index (Phi) is 3.56. The highest BCUT2D eigenvalue weighted by molar-refractivity contribution is 6.07. The smallest absolute Gasteiger partial charge is 0.259 e. The molecule has 104 valence electrons. The third kappa shape index (κ3) is 2.40. The van der Waals surface area contributed by atoms with Crippen LogP contribution >= 0.6 is 0 Å². The Bertz CT molecular complexity index is 669. The highest BCUT2D eigenvalue weighted by atomic mass is 16.2. The van der Waals surface area contributed by atoms with Gasteiger partial charge in [-0.3, -0.25) is 14.7 Å². The van der Waals surface area contributed by atoms with Crippen molar-refractivity contribution in [3.63, 3.8) is 0 Å². The van der Waals surface area contributed by atoms with E-state index in [9.17, 15) is 9.59 Å². The Morgan fingerprint density at radius 3 is 2.50 bits per heavy atom. The van der Waals surface area contributed by atoms with Gasteiger partial charge in [-0.2, -0.15) is 5.10 Å². The lowest BCUT2D eigenvalue weighted by Gasteiger charge is -2.10. The lowest BCUT2D eigenvalue weighted by atomic mass is 10.1. The molecule has 1 heterocycles. The summed E-state index contributed by atoms with van der Waals surface area (Å²) in [6.45, 7) is 5.28. The normalized spacial score (nSPS) is 10.3. The molecule has 1 aromatic carbocycles. The van der Waals surface area contributed by atoms with Crippen LogP contribution in [-0.2, 0) is 0 Å². The fraction of sp³-hybridized carbons (Fsp3) is 0.214. The second kappa shape index (κ2) is 5.16. The average molecular weight is 272 g/mol. The molecule has 1 aromatic heterocycles. The fourth-order valence-electron chi connectivity index (χ4n) is 2.11. The highest BCUT2D eigenvalue weighted by Gasteiger charge is 2.17. The number of carbonyl (C=O) groups excluding carboxylic acids is 2. The summed E-state index contributed by atoms with van der Waals surface area (Å²) in [7, 11) is 0. The van der Waals surface area contributed by atoms with E-state index in [1.807, 2.05) is 0 Å². The average Bonchev–Trinajstić information content (AvgIpc) is 2.71. The van der Waals surface area contributed by atoms with Gasteiger partial charge >= 0.3 is 0 Å². The number of aromatic nitrogens is 2. The number of rotatable bonds is 3. The summed E-state index contributed by atoms with van der Waals surface area (Å²) in [5.74, 6) is -0.784. The van der Waals surface area contributed by atoms with E-state index < -0.39 is 5.91 Å². The summed E-state index contributed by atoms with van der Waals surface area (Å²) < 4.78 is 0. The van der Waals surface area contributed by atoms with E-state index in [1.54, 1.807) is 39.0 Å². The van der Waals surface area contributed by atoms with Crippen LogP contribution in [0.5, 0.6) is 0 Å². The van der Waals surface area contributed by atoms with Crippen LogP contribution in [0.3, 0.4) is 0 Å². The van der Waals surface area contributed by atoms with E-state index in [-0.39, 0.29) is 5.91 Å². The number of nitrogens with zero attached hydrogens (tertiary/aromatic N) is 1. The number of hydrogen-bond donors (Lipinski definition) is 3. The maximum atomic E-state index is 12.3. The van der Waals surface area contributed by atoms with Crippen molar-refractivity contribution in [2.75, 3.05) is 5.32 Å². The number of hydrogen-bond acceptors (Lipinski definition) is 3. The van der Waals surface area contributed by atoms with E-state index in [0.717, 1.165) is 0 Å². The first kappa shape index (κ1) is 13.8. The second-order valence-corrected chi connectivity index (χ2v) is 4.61. The number of amides is 2. The molecule has 20 heavy (non-hydrogen) atoms. The second-order valence-electron chi connectivity index (χ2n) is 4.61. The fourth-order valence-corrected chi connectivity index (χ4v) is 2.11. The van der Waals surface area contributed by atoms with Gasteiger partial charge in [-0.1, -0.05) is 6.07 Å². The van der Waals surface area contributed by atoms with Gasteiger partial charge in [-0.05, 0) is 38.5 Å². The van der Waals surface area contributed by atoms with Crippen molar-refractivity contribution in [3.05, 3.63) is 46.3 Å². The minimum atomic E-state index is -0.519. The summed E-state index contributed by atoms with van der Waals surface area (Å²) >= 11 is 0. The standard InChI is InChI=1S/C14H16N4O2/c1-7-10(13(15)19)5-4-6-11(7)16-14(20)12-8(2)17-18-9(12)3/h4-6H,1-3H3,(H2,15,19)(H,16,20)(H,17,18). The largest absolute Gasteiger partial charge is 0.366 e. The van der Waals surface area contributed by atoms with Crippen molar-refractivity contribution in [1.82, 2.24) is 10.2 Å². The number of anilines is 1. The Balaban J connectivity index is 2.34. The molecule has 4 N–H and O–H groups in total. The molecule has 0 atom stereocenters. The molecule has 0 aliphatic carbocycles. The van der Waals surface area contributed by atoms with Crippen molar-refractivity contribution >= 4 is 17.5 Å². The SMILES string of the molecule is Cc1n[nH]c(C)c1C(=O)Nc1cccc(C(N)=O)c1C. The van der Waals surface area contributed by atoms with Gasteiger partial charge in [0.15, 0.2) is 0 Å². The third-order valence-electron chi connectivity index (χ3n) is 3.20. The number of nitrogens with one attached hydrogen (secondary N) is 2. The van der Waals surface area contributed by atoms with Crippen molar-refractivity contribution in [1.29, 1.82) is 0 Å². The summed E-state index contributed by atoms with van der Waals surface area (Å²) in [6.07, 6.45) is 0. The number of H-pyrrole nitrogens is 1. The number of nitrogens with two attached hydrogens (primary N) is 1. The van der Waals surface area contributed by atoms with Gasteiger partial charge in [0.25, 0.3) is 5.91 Å². The summed E-state index contributed by atoms with van der Waals surface area (Å²) in [6, 6.07) is 5.03. The van der Waals surface area contributed by atoms with Gasteiger partial charge in [0.2, 0.25) is 5.91 Å². The zero-order valence-corrected chi connectivity index (χ0v) is 11.6. The maximum Gasteiger partial charge on any atom is 0.259 e. The van der Waals surface area contributed by atoms with Gasteiger partial charge in [0.1, 0.15) is 0 Å². The van der Waals surface area contributed by atoms with E-state index in [0.29, 0.717) is 33.8 Å². The minimum Gasteiger partial charge on any atom is -0.366 e. The predicted octanol–water partition coefficient (Wildman–Crippen LogP) is 1.69. The quantitative estimate of drug-likeness (QED) is 0.792. The summed E-state index contributed by atoms with van der Waals surface area (Å²) in [5, 5.41) is 9.53. The van der Waals surface area contributed by atoms with Gasteiger partial charge in [-0.25, -0.2) is 0 Å². The first-order chi connectivity index (χ1) is 9.41. The third-order valence-corrected chi connectivity index (χ3v) is 3.20. The number of aryl methyl sites for hydroxylation is 2. The first-order valence-corrected chi connectivity index (χ1v) is 6.14. The zero-order chi connectivity index (χ0) is 14.9. The molecule has 0 aliphatic heterocycles. The Morgan fingerprint density at radius 2 is 1.95 bits per heavy atom. The molecule has 0 fully saturated rings. The minimum absolute atomic E-state index is 0.265. The molecule has 6 nitrogen and oxygen atoms in total. The molecule has 6 heteroatoms. The molecular formula is C14H16N4O2. The Labute approximate surface area is 116 Å². The van der Waals surface area contributed by atoms with E-state index in [4.69, 9.17) is 5.73 Å².